The number of hydrogen-bond acceptors (Lipinski definition) is 2. The van der Waals surface area contributed by atoms with Crippen LogP contribution in [-0.2, 0) is 0 Å². The van der Waals surface area contributed by atoms with Crippen LogP contribution in [0.15, 0.2) is 24.5 Å². The molecule has 3 nitrogen and oxygen atoms in total. The van der Waals surface area contributed by atoms with E-state index in [0.717, 1.165) is 18.1 Å². The van der Waals surface area contributed by atoms with Crippen LogP contribution in [-0.4, -0.2) is 26.2 Å². The minimum atomic E-state index is -4.84. The lowest BCUT2D eigenvalue weighted by Crippen LogP contribution is -2.50. The van der Waals surface area contributed by atoms with Crippen LogP contribution in [0.1, 0.15) is 4.79 Å². The zero-order valence-corrected chi connectivity index (χ0v) is 8.25. The standard InChI is InChI=1S/C9H10F3N2O/c1-13(2)7-3-5-14(6-4-7)8(15)9(10,11)12/h3-6H,1-2H3/q+1. The zero-order chi connectivity index (χ0) is 11.6. The van der Waals surface area contributed by atoms with Gasteiger partial charge in [-0.25, -0.2) is 4.79 Å². The van der Waals surface area contributed by atoms with E-state index >= 15 is 0 Å². The number of rotatable bonds is 1. The molecule has 0 aromatic carbocycles. The van der Waals surface area contributed by atoms with Crippen LogP contribution in [0.3, 0.4) is 0 Å². The van der Waals surface area contributed by atoms with Gasteiger partial charge in [-0.2, -0.15) is 13.2 Å². The van der Waals surface area contributed by atoms with Crippen molar-refractivity contribution in [1.29, 1.82) is 0 Å². The van der Waals surface area contributed by atoms with E-state index in [9.17, 15) is 18.0 Å². The number of aromatic nitrogens is 1. The Kier molecular flexibility index (Phi) is 2.97. The summed E-state index contributed by atoms with van der Waals surface area (Å²) in [6.45, 7) is 0. The molecule has 0 bridgehead atoms. The van der Waals surface area contributed by atoms with Crippen LogP contribution in [0, 0.1) is 0 Å². The Hall–Kier alpha value is -1.59. The maximum absolute atomic E-state index is 12.0. The number of carbonyl (C=O) groups is 1. The quantitative estimate of drug-likeness (QED) is 0.664. The Balaban J connectivity index is 2.95. The molecule has 0 amide bonds. The van der Waals surface area contributed by atoms with Crippen molar-refractivity contribution < 1.29 is 22.5 Å². The van der Waals surface area contributed by atoms with Gasteiger partial charge in [-0.3, -0.25) is 0 Å². The van der Waals surface area contributed by atoms with Gasteiger partial charge in [0.2, 0.25) is 0 Å². The minimum absolute atomic E-state index is 0.507. The third kappa shape index (κ3) is 2.68. The average Bonchev–Trinajstić information content (AvgIpc) is 2.15. The SMILES string of the molecule is CN(C)c1cc[n+](C(=O)C(F)(F)F)cc1. The lowest BCUT2D eigenvalue weighted by atomic mass is 10.4. The predicted octanol–water partition coefficient (Wildman–Crippen LogP) is 1.24. The van der Waals surface area contributed by atoms with Crippen LogP contribution < -0.4 is 9.47 Å². The van der Waals surface area contributed by atoms with Crippen LogP contribution in [0.4, 0.5) is 18.9 Å². The summed E-state index contributed by atoms with van der Waals surface area (Å²) in [4.78, 5) is 12.5. The molecule has 0 atom stereocenters. The van der Waals surface area contributed by atoms with Crippen molar-refractivity contribution in [2.75, 3.05) is 19.0 Å². The number of hydrogen-bond donors (Lipinski definition) is 0. The first-order valence-electron chi connectivity index (χ1n) is 4.12. The molecule has 0 aliphatic carbocycles. The second kappa shape index (κ2) is 3.88. The zero-order valence-electron chi connectivity index (χ0n) is 8.25. The second-order valence-corrected chi connectivity index (χ2v) is 3.16. The normalized spacial score (nSPS) is 11.3. The maximum atomic E-state index is 12.0. The summed E-state index contributed by atoms with van der Waals surface area (Å²) in [5, 5.41) is 0. The van der Waals surface area contributed by atoms with Gasteiger partial charge in [0.25, 0.3) is 0 Å². The Morgan fingerprint density at radius 3 is 2.07 bits per heavy atom. The van der Waals surface area contributed by atoms with Crippen LogP contribution >= 0.6 is 0 Å². The third-order valence-electron chi connectivity index (χ3n) is 1.81. The molecule has 1 rings (SSSR count). The first kappa shape index (κ1) is 11.5. The molecule has 0 N–H and O–H groups in total. The number of alkyl halides is 3. The monoisotopic (exact) mass is 219 g/mol. The molecular weight excluding hydrogens is 209 g/mol. The van der Waals surface area contributed by atoms with Gasteiger partial charge >= 0.3 is 12.1 Å². The van der Waals surface area contributed by atoms with E-state index < -0.39 is 12.1 Å². The number of halogens is 3. The molecule has 0 unspecified atom stereocenters. The van der Waals surface area contributed by atoms with Crippen molar-refractivity contribution in [2.45, 2.75) is 6.18 Å². The Morgan fingerprint density at radius 1 is 1.27 bits per heavy atom. The highest BCUT2D eigenvalue weighted by atomic mass is 19.4. The van der Waals surface area contributed by atoms with Gasteiger partial charge < -0.3 is 4.90 Å². The molecule has 0 aliphatic rings. The average molecular weight is 219 g/mol. The predicted molar refractivity (Wildman–Crippen MR) is 47.6 cm³/mol. The molecule has 6 heteroatoms. The van der Waals surface area contributed by atoms with Gasteiger partial charge in [0, 0.05) is 31.9 Å². The van der Waals surface area contributed by atoms with E-state index in [-0.39, 0.29) is 0 Å². The largest absolute Gasteiger partial charge is 0.521 e. The maximum Gasteiger partial charge on any atom is 0.521 e. The van der Waals surface area contributed by atoms with Crippen molar-refractivity contribution >= 4 is 11.6 Å². The van der Waals surface area contributed by atoms with E-state index in [1.165, 1.54) is 12.1 Å². The molecule has 0 saturated carbocycles. The van der Waals surface area contributed by atoms with Crippen LogP contribution in [0.5, 0.6) is 0 Å². The van der Waals surface area contributed by atoms with E-state index in [2.05, 4.69) is 0 Å². The van der Waals surface area contributed by atoms with Gasteiger partial charge in [-0.05, 0) is 0 Å². The number of anilines is 1. The molecule has 82 valence electrons. The van der Waals surface area contributed by atoms with Crippen LogP contribution in [0.25, 0.3) is 0 Å². The van der Waals surface area contributed by atoms with Crippen molar-refractivity contribution in [3.8, 4) is 0 Å². The third-order valence-corrected chi connectivity index (χ3v) is 1.81. The van der Waals surface area contributed by atoms with E-state index in [1.54, 1.807) is 19.0 Å². The van der Waals surface area contributed by atoms with Gasteiger partial charge in [-0.15, -0.1) is 4.57 Å². The summed E-state index contributed by atoms with van der Waals surface area (Å²) in [5.41, 5.74) is 0.723. The van der Waals surface area contributed by atoms with E-state index in [4.69, 9.17) is 0 Å². The Morgan fingerprint density at radius 2 is 1.73 bits per heavy atom. The fourth-order valence-electron chi connectivity index (χ4n) is 0.999. The van der Waals surface area contributed by atoms with Crippen LogP contribution in [0.2, 0.25) is 0 Å². The molecule has 0 radical (unpaired) electrons. The molecule has 1 aromatic rings. The number of carbonyl (C=O) groups excluding carboxylic acids is 1. The number of pyridine rings is 1. The van der Waals surface area contributed by atoms with E-state index in [0.29, 0.717) is 4.57 Å². The van der Waals surface area contributed by atoms with Gasteiger partial charge in [0.05, 0.1) is 0 Å². The first-order chi connectivity index (χ1) is 6.82. The fraction of sp³-hybridized carbons (Fsp3) is 0.333. The summed E-state index contributed by atoms with van der Waals surface area (Å²) in [6.07, 6.45) is -2.67. The summed E-state index contributed by atoms with van der Waals surface area (Å²) >= 11 is 0. The smallest absolute Gasteiger partial charge is 0.377 e. The van der Waals surface area contributed by atoms with E-state index in [1.807, 2.05) is 0 Å². The highest BCUT2D eigenvalue weighted by molar-refractivity contribution is 5.73. The fourth-order valence-corrected chi connectivity index (χ4v) is 0.999. The molecule has 1 aromatic heterocycles. The molecule has 0 saturated heterocycles. The molecular formula is C9H10F3N2O+. The molecule has 0 fully saturated rings. The summed E-state index contributed by atoms with van der Waals surface area (Å²) < 4.78 is 36.5. The summed E-state index contributed by atoms with van der Waals surface area (Å²) in [7, 11) is 3.51. The molecule has 1 heterocycles. The summed E-state index contributed by atoms with van der Waals surface area (Å²) in [5.74, 6) is -1.90. The number of nitrogens with zero attached hydrogens (tertiary/aromatic N) is 2. The highest BCUT2D eigenvalue weighted by Gasteiger charge is 2.47. The first-order valence-corrected chi connectivity index (χ1v) is 4.12. The summed E-state index contributed by atoms with van der Waals surface area (Å²) in [6, 6.07) is 2.87. The molecule has 0 aliphatic heterocycles. The van der Waals surface area contributed by atoms with Crippen molar-refractivity contribution in [3.05, 3.63) is 24.5 Å². The van der Waals surface area contributed by atoms with Crippen molar-refractivity contribution in [2.24, 2.45) is 0 Å². The van der Waals surface area contributed by atoms with Gasteiger partial charge in [0.1, 0.15) is 0 Å². The van der Waals surface area contributed by atoms with Crippen molar-refractivity contribution in [3.63, 3.8) is 0 Å². The lowest BCUT2D eigenvalue weighted by molar-refractivity contribution is -0.586. The van der Waals surface area contributed by atoms with Gasteiger partial charge in [-0.1, -0.05) is 0 Å². The lowest BCUT2D eigenvalue weighted by Gasteiger charge is -2.10. The minimum Gasteiger partial charge on any atom is -0.377 e. The topological polar surface area (TPSA) is 24.2 Å². The Labute approximate surface area is 84.7 Å². The molecule has 15 heavy (non-hydrogen) atoms. The van der Waals surface area contributed by atoms with Crippen molar-refractivity contribution in [1.82, 2.24) is 0 Å². The van der Waals surface area contributed by atoms with Gasteiger partial charge in [0.15, 0.2) is 12.4 Å². The second-order valence-electron chi connectivity index (χ2n) is 3.16. The molecule has 0 spiro atoms. The highest BCUT2D eigenvalue weighted by Crippen LogP contribution is 2.14. The Bertz CT molecular complexity index is 357.